The van der Waals surface area contributed by atoms with Gasteiger partial charge in [0, 0.05) is 43.7 Å². The van der Waals surface area contributed by atoms with Gasteiger partial charge in [0.15, 0.2) is 11.4 Å². The molecule has 0 unspecified atom stereocenters. The summed E-state index contributed by atoms with van der Waals surface area (Å²) in [5.74, 6) is -1.71. The van der Waals surface area contributed by atoms with Gasteiger partial charge in [0.05, 0.1) is 10.9 Å². The zero-order valence-electron chi connectivity index (χ0n) is 19.3. The average molecular weight is 515 g/mol. The van der Waals surface area contributed by atoms with E-state index in [9.17, 15) is 35.9 Å². The molecule has 0 bridgehead atoms. The van der Waals surface area contributed by atoms with Crippen molar-refractivity contribution in [3.63, 3.8) is 0 Å². The zero-order valence-corrected chi connectivity index (χ0v) is 19.3. The summed E-state index contributed by atoms with van der Waals surface area (Å²) in [6, 6.07) is 4.50. The molecule has 13 heteroatoms. The predicted octanol–water partition coefficient (Wildman–Crippen LogP) is 3.64. The minimum Gasteiger partial charge on any atom is -0.367 e. The summed E-state index contributed by atoms with van der Waals surface area (Å²) in [4.78, 5) is 25.4. The highest BCUT2D eigenvalue weighted by Gasteiger charge is 2.58. The normalized spacial score (nSPS) is 19.2. The molecule has 36 heavy (non-hydrogen) atoms. The molecule has 194 valence electrons. The third-order valence-corrected chi connectivity index (χ3v) is 6.60. The first-order valence-corrected chi connectivity index (χ1v) is 11.1. The smallest absolute Gasteiger partial charge is 0.367 e. The summed E-state index contributed by atoms with van der Waals surface area (Å²) in [5, 5.41) is 9.44. The molecule has 2 aromatic heterocycles. The summed E-state index contributed by atoms with van der Waals surface area (Å²) < 4.78 is 84.6. The molecule has 1 aromatic carbocycles. The lowest BCUT2D eigenvalue weighted by Gasteiger charge is -2.33. The number of pyridine rings is 1. The molecular weight excluding hydrogens is 492 g/mol. The van der Waals surface area contributed by atoms with Gasteiger partial charge in [0.1, 0.15) is 5.82 Å². The quantitative estimate of drug-likeness (QED) is 0.490. The van der Waals surface area contributed by atoms with Crippen LogP contribution in [0.3, 0.4) is 0 Å². The van der Waals surface area contributed by atoms with Gasteiger partial charge in [-0.2, -0.15) is 18.3 Å². The van der Waals surface area contributed by atoms with E-state index in [0.29, 0.717) is 4.57 Å². The van der Waals surface area contributed by atoms with Crippen molar-refractivity contribution in [3.8, 4) is 0 Å². The van der Waals surface area contributed by atoms with Crippen molar-refractivity contribution in [2.24, 2.45) is 7.05 Å². The maximum absolute atomic E-state index is 14.6. The Bertz CT molecular complexity index is 1410. The number of rotatable bonds is 6. The van der Waals surface area contributed by atoms with E-state index < -0.39 is 53.1 Å². The van der Waals surface area contributed by atoms with E-state index in [0.717, 1.165) is 23.0 Å². The fraction of sp³-hybridized carbons (Fsp3) is 0.435. The Hall–Kier alpha value is -3.35. The van der Waals surface area contributed by atoms with Crippen LogP contribution >= 0.6 is 0 Å². The van der Waals surface area contributed by atoms with Crippen LogP contribution in [0.1, 0.15) is 36.8 Å². The number of aromatic nitrogens is 3. The summed E-state index contributed by atoms with van der Waals surface area (Å²) in [5.41, 5.74) is -4.90. The highest BCUT2D eigenvalue weighted by atomic mass is 19.4. The number of aryl methyl sites for hydroxylation is 1. The first-order chi connectivity index (χ1) is 16.9. The number of alkyl halides is 5. The molecule has 1 fully saturated rings. The molecule has 2 atom stereocenters. The Morgan fingerprint density at radius 3 is 2.50 bits per heavy atom. The molecule has 1 saturated heterocycles. The van der Waals surface area contributed by atoms with E-state index in [1.54, 1.807) is 6.92 Å². The van der Waals surface area contributed by atoms with Gasteiger partial charge in [-0.1, -0.05) is 25.1 Å². The third-order valence-electron chi connectivity index (χ3n) is 6.60. The van der Waals surface area contributed by atoms with Crippen LogP contribution in [0.2, 0.25) is 0 Å². The molecule has 3 aromatic rings. The van der Waals surface area contributed by atoms with E-state index in [1.165, 1.54) is 19.2 Å². The van der Waals surface area contributed by atoms with Gasteiger partial charge in [-0.3, -0.25) is 14.2 Å². The maximum atomic E-state index is 14.6. The Kier molecular flexibility index (Phi) is 6.62. The zero-order chi connectivity index (χ0) is 26.4. The van der Waals surface area contributed by atoms with Crippen LogP contribution < -0.4 is 21.8 Å². The monoisotopic (exact) mass is 515 g/mol. The molecule has 1 aliphatic rings. The van der Waals surface area contributed by atoms with E-state index in [4.69, 9.17) is 0 Å². The number of anilines is 1. The molecule has 0 aliphatic carbocycles. The van der Waals surface area contributed by atoms with Gasteiger partial charge in [0.2, 0.25) is 0 Å². The Labute approximate surface area is 200 Å². The van der Waals surface area contributed by atoms with Crippen molar-refractivity contribution in [2.75, 3.05) is 25.0 Å². The van der Waals surface area contributed by atoms with Gasteiger partial charge in [-0.25, -0.2) is 17.9 Å². The molecule has 7 nitrogen and oxygen atoms in total. The number of halogens is 6. The van der Waals surface area contributed by atoms with Crippen molar-refractivity contribution >= 4 is 16.6 Å². The minimum absolute atomic E-state index is 0.0126. The minimum atomic E-state index is -4.75. The largest absolute Gasteiger partial charge is 0.413 e. The molecule has 0 radical (unpaired) electrons. The number of fused-ring (bicyclic) bond motifs is 1. The number of nitrogens with one attached hydrogen (secondary N) is 2. The van der Waals surface area contributed by atoms with Crippen LogP contribution in [-0.2, 0) is 12.6 Å². The van der Waals surface area contributed by atoms with Crippen LogP contribution in [0.5, 0.6) is 0 Å². The van der Waals surface area contributed by atoms with Crippen LogP contribution in [0.15, 0.2) is 40.1 Å². The van der Waals surface area contributed by atoms with E-state index in [1.807, 2.05) is 0 Å². The highest BCUT2D eigenvalue weighted by molar-refractivity contribution is 5.90. The van der Waals surface area contributed by atoms with E-state index in [-0.39, 0.29) is 41.7 Å². The van der Waals surface area contributed by atoms with Crippen molar-refractivity contribution in [1.82, 2.24) is 19.7 Å². The number of benzene rings is 1. The van der Waals surface area contributed by atoms with Crippen molar-refractivity contribution in [1.29, 1.82) is 0 Å². The molecular formula is C23H23F6N5O2. The van der Waals surface area contributed by atoms with Crippen molar-refractivity contribution in [3.05, 3.63) is 68.1 Å². The molecule has 2 N–H and O–H groups in total. The second kappa shape index (κ2) is 9.26. The lowest BCUT2D eigenvalue weighted by molar-refractivity contribution is -0.209. The van der Waals surface area contributed by atoms with Crippen LogP contribution in [0, 0.1) is 5.82 Å². The fourth-order valence-corrected chi connectivity index (χ4v) is 4.53. The first kappa shape index (κ1) is 25.7. The second-order valence-electron chi connectivity index (χ2n) is 8.88. The lowest BCUT2D eigenvalue weighted by atomic mass is 9.96. The summed E-state index contributed by atoms with van der Waals surface area (Å²) >= 11 is 0. The predicted molar refractivity (Wildman–Crippen MR) is 121 cm³/mol. The third kappa shape index (κ3) is 4.25. The Morgan fingerprint density at radius 1 is 1.19 bits per heavy atom. The molecule has 1 aliphatic heterocycles. The maximum Gasteiger partial charge on any atom is 0.413 e. The number of hydrogen-bond acceptors (Lipinski definition) is 5. The van der Waals surface area contributed by atoms with Crippen LogP contribution in [0.4, 0.5) is 32.2 Å². The van der Waals surface area contributed by atoms with E-state index in [2.05, 4.69) is 15.7 Å². The van der Waals surface area contributed by atoms with Crippen LogP contribution in [0.25, 0.3) is 10.8 Å². The molecule has 0 spiro atoms. The lowest BCUT2D eigenvalue weighted by Crippen LogP contribution is -2.53. The standard InChI is InChI=1S/C23H23F6N5O2/c1-12(13-4-3-5-14(18(13)24)19(25)26)9-31-20-16-10-34(22(23(27,28)29)6-7-30-11-22)17(35)8-15(16)21(36)33(2)32-20/h3-5,8,10,12,19,30H,6-7,9,11H2,1-2H3,(H,31,32)/t12-,22-/m0/s1. The summed E-state index contributed by atoms with van der Waals surface area (Å²) in [7, 11) is 1.31. The summed E-state index contributed by atoms with van der Waals surface area (Å²) in [6.45, 7) is 1.06. The topological polar surface area (TPSA) is 81.0 Å². The van der Waals surface area contributed by atoms with Gasteiger partial charge in [-0.15, -0.1) is 0 Å². The molecule has 0 saturated carbocycles. The van der Waals surface area contributed by atoms with Crippen LogP contribution in [-0.4, -0.2) is 40.2 Å². The Morgan fingerprint density at radius 2 is 1.89 bits per heavy atom. The van der Waals surface area contributed by atoms with Crippen molar-refractivity contribution < 1.29 is 26.3 Å². The SMILES string of the molecule is C[C@@H](CNc1nn(C)c(=O)c2cc(=O)n([C@@]3(C(F)(F)F)CCNC3)cc12)c1cccc(C(F)F)c1F. The number of nitrogens with zero attached hydrogens (tertiary/aromatic N) is 3. The highest BCUT2D eigenvalue weighted by Crippen LogP contribution is 2.41. The van der Waals surface area contributed by atoms with E-state index >= 15 is 0 Å². The Balaban J connectivity index is 1.78. The van der Waals surface area contributed by atoms with Gasteiger partial charge in [-0.05, 0) is 18.5 Å². The fourth-order valence-electron chi connectivity index (χ4n) is 4.53. The number of hydrogen-bond donors (Lipinski definition) is 2. The van der Waals surface area contributed by atoms with Gasteiger partial charge in [0.25, 0.3) is 17.5 Å². The van der Waals surface area contributed by atoms with Gasteiger partial charge >= 0.3 is 6.18 Å². The summed E-state index contributed by atoms with van der Waals surface area (Å²) in [6.07, 6.45) is -7.16. The average Bonchev–Trinajstić information content (AvgIpc) is 3.31. The molecule has 3 heterocycles. The van der Waals surface area contributed by atoms with Crippen molar-refractivity contribution in [2.45, 2.75) is 37.4 Å². The molecule has 0 amide bonds. The second-order valence-corrected chi connectivity index (χ2v) is 8.88. The first-order valence-electron chi connectivity index (χ1n) is 11.1. The van der Waals surface area contributed by atoms with Gasteiger partial charge < -0.3 is 10.6 Å². The molecule has 4 rings (SSSR count).